The molecule has 1 saturated carbocycles. The van der Waals surface area contributed by atoms with Crippen LogP contribution in [0.5, 0.6) is 0 Å². The fourth-order valence-corrected chi connectivity index (χ4v) is 3.68. The van der Waals surface area contributed by atoms with Crippen molar-refractivity contribution in [1.29, 1.82) is 0 Å². The number of rotatable bonds is 4. The number of thioether (sulfide) groups is 1. The number of halogens is 1. The largest absolute Gasteiger partial charge is 0.481 e. The van der Waals surface area contributed by atoms with E-state index in [2.05, 4.69) is 0 Å². The molecule has 2 N–H and O–H groups in total. The second kappa shape index (κ2) is 6.16. The molecule has 0 saturated heterocycles. The molecule has 0 atom stereocenters. The summed E-state index contributed by atoms with van der Waals surface area (Å²) >= 11 is 7.48. The molecule has 1 aliphatic rings. The van der Waals surface area contributed by atoms with Crippen LogP contribution in [0.3, 0.4) is 0 Å². The van der Waals surface area contributed by atoms with Gasteiger partial charge in [-0.25, -0.2) is 0 Å². The van der Waals surface area contributed by atoms with E-state index < -0.39 is 11.6 Å². The van der Waals surface area contributed by atoms with E-state index in [-0.39, 0.29) is 5.92 Å². The van der Waals surface area contributed by atoms with Gasteiger partial charge in [-0.2, -0.15) is 0 Å². The monoisotopic (exact) mass is 300 g/mol. The number of hydrogen-bond donors (Lipinski definition) is 2. The summed E-state index contributed by atoms with van der Waals surface area (Å²) < 4.78 is 0. The first-order valence-electron chi connectivity index (χ1n) is 6.32. The number of carboxylic acid groups (broad SMARTS) is 1. The van der Waals surface area contributed by atoms with Gasteiger partial charge in [-0.05, 0) is 43.9 Å². The Kier molecular flexibility index (Phi) is 4.76. The van der Waals surface area contributed by atoms with Gasteiger partial charge in [0.2, 0.25) is 0 Å². The second-order valence-electron chi connectivity index (χ2n) is 5.08. The summed E-state index contributed by atoms with van der Waals surface area (Å²) in [4.78, 5) is 11.9. The Hall–Kier alpha value is -0.710. The Bertz CT molecular complexity index is 456. The Morgan fingerprint density at radius 2 is 2.11 bits per heavy atom. The van der Waals surface area contributed by atoms with Crippen molar-refractivity contribution in [3.63, 3.8) is 0 Å². The van der Waals surface area contributed by atoms with Gasteiger partial charge in [0.1, 0.15) is 0 Å². The minimum Gasteiger partial charge on any atom is -0.481 e. The fourth-order valence-electron chi connectivity index (χ4n) is 2.32. The molecular formula is C14H17ClO3S. The highest BCUT2D eigenvalue weighted by atomic mass is 35.5. The summed E-state index contributed by atoms with van der Waals surface area (Å²) in [7, 11) is 0. The van der Waals surface area contributed by atoms with E-state index in [1.54, 1.807) is 11.8 Å². The van der Waals surface area contributed by atoms with Gasteiger partial charge in [-0.3, -0.25) is 4.79 Å². The highest BCUT2D eigenvalue weighted by Crippen LogP contribution is 2.36. The van der Waals surface area contributed by atoms with Crippen molar-refractivity contribution in [2.24, 2.45) is 5.92 Å². The summed E-state index contributed by atoms with van der Waals surface area (Å²) in [6.45, 7) is 0. The van der Waals surface area contributed by atoms with E-state index in [1.165, 1.54) is 0 Å². The fraction of sp³-hybridized carbons (Fsp3) is 0.500. The first-order valence-corrected chi connectivity index (χ1v) is 7.68. The first kappa shape index (κ1) is 14.7. The molecule has 0 aliphatic heterocycles. The van der Waals surface area contributed by atoms with E-state index >= 15 is 0 Å². The van der Waals surface area contributed by atoms with Crippen molar-refractivity contribution in [3.8, 4) is 0 Å². The molecular weight excluding hydrogens is 284 g/mol. The molecule has 0 amide bonds. The van der Waals surface area contributed by atoms with Crippen molar-refractivity contribution >= 4 is 29.3 Å². The lowest BCUT2D eigenvalue weighted by Crippen LogP contribution is -2.38. The van der Waals surface area contributed by atoms with Crippen molar-refractivity contribution in [2.75, 3.05) is 5.75 Å². The second-order valence-corrected chi connectivity index (χ2v) is 6.57. The minimum absolute atomic E-state index is 0.295. The lowest BCUT2D eigenvalue weighted by Gasteiger charge is -2.34. The molecule has 19 heavy (non-hydrogen) atoms. The molecule has 5 heteroatoms. The van der Waals surface area contributed by atoms with Gasteiger partial charge >= 0.3 is 5.97 Å². The van der Waals surface area contributed by atoms with Gasteiger partial charge in [-0.15, -0.1) is 11.8 Å². The van der Waals surface area contributed by atoms with Crippen LogP contribution in [0.25, 0.3) is 0 Å². The summed E-state index contributed by atoms with van der Waals surface area (Å²) in [5.41, 5.74) is -0.751. The number of carboxylic acids is 1. The molecule has 0 aromatic heterocycles. The van der Waals surface area contributed by atoms with E-state index in [1.807, 2.05) is 24.3 Å². The lowest BCUT2D eigenvalue weighted by molar-refractivity contribution is -0.144. The summed E-state index contributed by atoms with van der Waals surface area (Å²) in [5, 5.41) is 20.1. The molecule has 1 fully saturated rings. The molecule has 1 aromatic rings. The molecule has 0 spiro atoms. The normalized spacial score (nSPS) is 27.2. The number of hydrogen-bond acceptors (Lipinski definition) is 3. The molecule has 0 heterocycles. The molecule has 2 rings (SSSR count). The zero-order chi connectivity index (χ0) is 13.9. The number of carbonyl (C=O) groups is 1. The summed E-state index contributed by atoms with van der Waals surface area (Å²) in [6.07, 6.45) is 2.22. The van der Waals surface area contributed by atoms with Gasteiger partial charge < -0.3 is 10.2 Å². The van der Waals surface area contributed by atoms with Crippen LogP contribution in [0.4, 0.5) is 0 Å². The van der Waals surface area contributed by atoms with Gasteiger partial charge in [-0.1, -0.05) is 17.7 Å². The molecule has 3 nitrogen and oxygen atoms in total. The molecule has 0 bridgehead atoms. The maximum Gasteiger partial charge on any atom is 0.306 e. The van der Waals surface area contributed by atoms with Crippen molar-refractivity contribution in [1.82, 2.24) is 0 Å². The van der Waals surface area contributed by atoms with Gasteiger partial charge in [0.15, 0.2) is 0 Å². The molecule has 1 aliphatic carbocycles. The SMILES string of the molecule is O=C(O)C1CCC(O)(CSc2cccc(Cl)c2)CC1. The molecule has 0 unspecified atom stereocenters. The third-order valence-electron chi connectivity index (χ3n) is 3.57. The average molecular weight is 301 g/mol. The van der Waals surface area contributed by atoms with E-state index in [0.29, 0.717) is 36.5 Å². The predicted molar refractivity (Wildman–Crippen MR) is 76.7 cm³/mol. The maximum absolute atomic E-state index is 10.9. The van der Waals surface area contributed by atoms with Gasteiger partial charge in [0.05, 0.1) is 11.5 Å². The van der Waals surface area contributed by atoms with Crippen LogP contribution in [0.2, 0.25) is 5.02 Å². The smallest absolute Gasteiger partial charge is 0.306 e. The number of benzene rings is 1. The van der Waals surface area contributed by atoms with Crippen LogP contribution in [0.15, 0.2) is 29.2 Å². The average Bonchev–Trinajstić information content (AvgIpc) is 2.37. The Labute approximate surface area is 122 Å². The summed E-state index contributed by atoms with van der Waals surface area (Å²) in [5.74, 6) is -0.458. The van der Waals surface area contributed by atoms with E-state index in [0.717, 1.165) is 4.90 Å². The van der Waals surface area contributed by atoms with Crippen molar-refractivity contribution in [2.45, 2.75) is 36.2 Å². The highest BCUT2D eigenvalue weighted by Gasteiger charge is 2.35. The predicted octanol–water partition coefficient (Wildman–Crippen LogP) is 3.44. The molecule has 0 radical (unpaired) electrons. The van der Waals surface area contributed by atoms with Crippen LogP contribution < -0.4 is 0 Å². The first-order chi connectivity index (χ1) is 8.98. The van der Waals surface area contributed by atoms with Crippen LogP contribution in [0, 0.1) is 5.92 Å². The third kappa shape index (κ3) is 4.13. The zero-order valence-corrected chi connectivity index (χ0v) is 12.1. The van der Waals surface area contributed by atoms with E-state index in [9.17, 15) is 9.90 Å². The maximum atomic E-state index is 10.9. The third-order valence-corrected chi connectivity index (χ3v) is 5.07. The summed E-state index contributed by atoms with van der Waals surface area (Å²) in [6, 6.07) is 7.54. The van der Waals surface area contributed by atoms with E-state index in [4.69, 9.17) is 16.7 Å². The quantitative estimate of drug-likeness (QED) is 0.836. The number of aliphatic hydroxyl groups is 1. The molecule has 104 valence electrons. The zero-order valence-electron chi connectivity index (χ0n) is 10.5. The molecule has 1 aromatic carbocycles. The van der Waals surface area contributed by atoms with Crippen molar-refractivity contribution < 1.29 is 15.0 Å². The number of aliphatic carboxylic acids is 1. The van der Waals surface area contributed by atoms with Gasteiger partial charge in [0, 0.05) is 15.7 Å². The van der Waals surface area contributed by atoms with Crippen LogP contribution in [-0.4, -0.2) is 27.5 Å². The minimum atomic E-state index is -0.751. The van der Waals surface area contributed by atoms with Gasteiger partial charge in [0.25, 0.3) is 0 Å². The van der Waals surface area contributed by atoms with Crippen molar-refractivity contribution in [3.05, 3.63) is 29.3 Å². The lowest BCUT2D eigenvalue weighted by atomic mass is 9.80. The van der Waals surface area contributed by atoms with Crippen LogP contribution in [-0.2, 0) is 4.79 Å². The Balaban J connectivity index is 1.88. The Morgan fingerprint density at radius 3 is 2.68 bits per heavy atom. The topological polar surface area (TPSA) is 57.5 Å². The standard InChI is InChI=1S/C14H17ClO3S/c15-11-2-1-3-12(8-11)19-9-14(18)6-4-10(5-7-14)13(16)17/h1-3,8,10,18H,4-7,9H2,(H,16,17). The van der Waals surface area contributed by atoms with Crippen LogP contribution >= 0.6 is 23.4 Å². The Morgan fingerprint density at radius 1 is 1.42 bits per heavy atom. The highest BCUT2D eigenvalue weighted by molar-refractivity contribution is 7.99. The van der Waals surface area contributed by atoms with Crippen LogP contribution in [0.1, 0.15) is 25.7 Å².